The third kappa shape index (κ3) is 5.34. The first-order valence-electron chi connectivity index (χ1n) is 10.3. The van der Waals surface area contributed by atoms with Gasteiger partial charge in [0.2, 0.25) is 0 Å². The second-order valence-electron chi connectivity index (χ2n) is 7.05. The number of hydrogen-bond donors (Lipinski definition) is 0. The van der Waals surface area contributed by atoms with Crippen LogP contribution in [0, 0.1) is 5.82 Å². The minimum absolute atomic E-state index is 0.174. The van der Waals surface area contributed by atoms with Crippen LogP contribution in [-0.4, -0.2) is 44.2 Å². The number of piperazine rings is 1. The molecule has 2 aromatic rings. The van der Waals surface area contributed by atoms with Crippen molar-refractivity contribution in [3.63, 3.8) is 0 Å². The van der Waals surface area contributed by atoms with Gasteiger partial charge in [-0.05, 0) is 60.4 Å². The molecule has 4 rings (SSSR count). The zero-order chi connectivity index (χ0) is 19.9. The molecule has 28 heavy (non-hydrogen) atoms. The van der Waals surface area contributed by atoms with Crippen molar-refractivity contribution in [2.45, 2.75) is 32.8 Å². The highest BCUT2D eigenvalue weighted by Gasteiger charge is 2.23. The number of ether oxygens (including phenoxy) is 1. The SMILES string of the molecule is CC.Fc1ccc(N2CCN(CCC3OCCc4cc(Br)ccc43)CC2)cc1. The van der Waals surface area contributed by atoms with Gasteiger partial charge in [0.1, 0.15) is 5.82 Å². The molecule has 1 fully saturated rings. The minimum atomic E-state index is -0.174. The van der Waals surface area contributed by atoms with Crippen molar-refractivity contribution >= 4 is 21.6 Å². The van der Waals surface area contributed by atoms with E-state index in [2.05, 4.69) is 43.9 Å². The fraction of sp³-hybridized carbons (Fsp3) is 0.478. The van der Waals surface area contributed by atoms with E-state index in [-0.39, 0.29) is 11.9 Å². The summed E-state index contributed by atoms with van der Waals surface area (Å²) in [6.07, 6.45) is 2.24. The van der Waals surface area contributed by atoms with E-state index < -0.39 is 0 Å². The summed E-state index contributed by atoms with van der Waals surface area (Å²) in [6.45, 7) is 9.92. The highest BCUT2D eigenvalue weighted by Crippen LogP contribution is 2.31. The highest BCUT2D eigenvalue weighted by atomic mass is 79.9. The van der Waals surface area contributed by atoms with Crippen molar-refractivity contribution < 1.29 is 9.13 Å². The quantitative estimate of drug-likeness (QED) is 0.618. The summed E-state index contributed by atoms with van der Waals surface area (Å²) in [4.78, 5) is 4.84. The van der Waals surface area contributed by atoms with Gasteiger partial charge in [0, 0.05) is 42.9 Å². The monoisotopic (exact) mass is 448 g/mol. The third-order valence-corrected chi connectivity index (χ3v) is 5.91. The molecule has 0 bridgehead atoms. The summed E-state index contributed by atoms with van der Waals surface area (Å²) in [7, 11) is 0. The van der Waals surface area contributed by atoms with Crippen LogP contribution < -0.4 is 4.90 Å². The molecule has 1 unspecified atom stereocenters. The Morgan fingerprint density at radius 2 is 1.75 bits per heavy atom. The Hall–Kier alpha value is -1.43. The number of fused-ring (bicyclic) bond motifs is 1. The van der Waals surface area contributed by atoms with E-state index in [0.717, 1.165) is 62.3 Å². The van der Waals surface area contributed by atoms with Crippen LogP contribution in [0.3, 0.4) is 0 Å². The number of halogens is 2. The fourth-order valence-corrected chi connectivity index (χ4v) is 4.33. The van der Waals surface area contributed by atoms with Crippen molar-refractivity contribution in [2.24, 2.45) is 0 Å². The van der Waals surface area contributed by atoms with Crippen LogP contribution in [0.15, 0.2) is 46.9 Å². The molecule has 1 atom stereocenters. The lowest BCUT2D eigenvalue weighted by Gasteiger charge is -2.37. The molecule has 152 valence electrons. The molecule has 0 spiro atoms. The Morgan fingerprint density at radius 3 is 2.46 bits per heavy atom. The van der Waals surface area contributed by atoms with Crippen LogP contribution in [0.5, 0.6) is 0 Å². The summed E-state index contributed by atoms with van der Waals surface area (Å²) in [5.41, 5.74) is 3.88. The average Bonchev–Trinajstić information content (AvgIpc) is 2.74. The smallest absolute Gasteiger partial charge is 0.123 e. The lowest BCUT2D eigenvalue weighted by Crippen LogP contribution is -2.46. The minimum Gasteiger partial charge on any atom is -0.373 e. The van der Waals surface area contributed by atoms with Crippen LogP contribution in [0.4, 0.5) is 10.1 Å². The number of benzene rings is 2. The Bertz CT molecular complexity index is 745. The molecular formula is C23H30BrFN2O. The van der Waals surface area contributed by atoms with Gasteiger partial charge in [0.25, 0.3) is 0 Å². The second kappa shape index (κ2) is 10.4. The maximum absolute atomic E-state index is 13.1. The van der Waals surface area contributed by atoms with E-state index in [4.69, 9.17) is 4.74 Å². The summed E-state index contributed by atoms with van der Waals surface area (Å²) in [6, 6.07) is 13.4. The first-order chi connectivity index (χ1) is 13.7. The van der Waals surface area contributed by atoms with Gasteiger partial charge >= 0.3 is 0 Å². The summed E-state index contributed by atoms with van der Waals surface area (Å²) in [5, 5.41) is 0. The summed E-state index contributed by atoms with van der Waals surface area (Å²) >= 11 is 3.57. The number of nitrogens with zero attached hydrogens (tertiary/aromatic N) is 2. The zero-order valence-electron chi connectivity index (χ0n) is 16.8. The van der Waals surface area contributed by atoms with E-state index in [1.807, 2.05) is 26.0 Å². The Balaban J connectivity index is 0.00000109. The molecule has 5 heteroatoms. The summed E-state index contributed by atoms with van der Waals surface area (Å²) < 4.78 is 20.3. The molecule has 0 aliphatic carbocycles. The molecule has 2 aliphatic rings. The van der Waals surface area contributed by atoms with Gasteiger partial charge in [-0.15, -0.1) is 0 Å². The first-order valence-corrected chi connectivity index (χ1v) is 11.1. The summed E-state index contributed by atoms with van der Waals surface area (Å²) in [5.74, 6) is -0.174. The van der Waals surface area contributed by atoms with Gasteiger partial charge in [-0.2, -0.15) is 0 Å². The molecule has 0 aromatic heterocycles. The van der Waals surface area contributed by atoms with Crippen molar-refractivity contribution in [2.75, 3.05) is 44.2 Å². The topological polar surface area (TPSA) is 15.7 Å². The Labute approximate surface area is 176 Å². The van der Waals surface area contributed by atoms with Crippen molar-refractivity contribution in [1.29, 1.82) is 0 Å². The Kier molecular flexibility index (Phi) is 7.89. The largest absolute Gasteiger partial charge is 0.373 e. The van der Waals surface area contributed by atoms with Gasteiger partial charge in [-0.1, -0.05) is 35.8 Å². The zero-order valence-corrected chi connectivity index (χ0v) is 18.4. The highest BCUT2D eigenvalue weighted by molar-refractivity contribution is 9.10. The number of rotatable bonds is 4. The van der Waals surface area contributed by atoms with E-state index >= 15 is 0 Å². The van der Waals surface area contributed by atoms with E-state index in [0.29, 0.717) is 0 Å². The van der Waals surface area contributed by atoms with Gasteiger partial charge in [-0.25, -0.2) is 4.39 Å². The van der Waals surface area contributed by atoms with Crippen LogP contribution in [0.2, 0.25) is 0 Å². The molecule has 2 aromatic carbocycles. The lowest BCUT2D eigenvalue weighted by atomic mass is 9.95. The molecule has 0 N–H and O–H groups in total. The molecule has 0 saturated carbocycles. The van der Waals surface area contributed by atoms with Crippen LogP contribution in [0.1, 0.15) is 37.5 Å². The molecular weight excluding hydrogens is 419 g/mol. The molecule has 2 heterocycles. The van der Waals surface area contributed by atoms with Gasteiger partial charge in [-0.3, -0.25) is 4.90 Å². The Morgan fingerprint density at radius 1 is 1.04 bits per heavy atom. The molecule has 1 saturated heterocycles. The maximum atomic E-state index is 13.1. The lowest BCUT2D eigenvalue weighted by molar-refractivity contribution is 0.0289. The number of anilines is 1. The predicted molar refractivity (Wildman–Crippen MR) is 118 cm³/mol. The van der Waals surface area contributed by atoms with E-state index in [1.54, 1.807) is 0 Å². The van der Waals surface area contributed by atoms with Gasteiger partial charge in [0.15, 0.2) is 0 Å². The predicted octanol–water partition coefficient (Wildman–Crippen LogP) is 5.44. The third-order valence-electron chi connectivity index (χ3n) is 5.41. The average molecular weight is 449 g/mol. The van der Waals surface area contributed by atoms with Gasteiger partial charge < -0.3 is 9.64 Å². The second-order valence-corrected chi connectivity index (χ2v) is 7.96. The van der Waals surface area contributed by atoms with E-state index in [9.17, 15) is 4.39 Å². The van der Waals surface area contributed by atoms with Crippen molar-refractivity contribution in [3.8, 4) is 0 Å². The normalized spacial score (nSPS) is 19.6. The van der Waals surface area contributed by atoms with E-state index in [1.165, 1.54) is 23.3 Å². The van der Waals surface area contributed by atoms with Crippen molar-refractivity contribution in [3.05, 3.63) is 63.9 Å². The van der Waals surface area contributed by atoms with Gasteiger partial charge in [0.05, 0.1) is 12.7 Å². The standard InChI is InChI=1S/C21H24BrFN2O.C2H6/c22-17-1-6-20-16(15-17)8-14-26-21(20)7-9-24-10-12-25(13-11-24)19-4-2-18(23)3-5-19;1-2/h1-6,15,21H,7-14H2;1-2H3. The van der Waals surface area contributed by atoms with Crippen LogP contribution in [-0.2, 0) is 11.2 Å². The van der Waals surface area contributed by atoms with Crippen molar-refractivity contribution in [1.82, 2.24) is 4.90 Å². The molecule has 3 nitrogen and oxygen atoms in total. The molecule has 0 amide bonds. The van der Waals surface area contributed by atoms with Crippen LogP contribution in [0.25, 0.3) is 0 Å². The first kappa shape index (κ1) is 21.3. The molecule has 0 radical (unpaired) electrons. The van der Waals surface area contributed by atoms with Crippen LogP contribution >= 0.6 is 15.9 Å². The molecule has 2 aliphatic heterocycles. The maximum Gasteiger partial charge on any atom is 0.123 e. The fourth-order valence-electron chi connectivity index (χ4n) is 3.93. The number of hydrogen-bond acceptors (Lipinski definition) is 3.